The molecule has 0 aliphatic rings. The Morgan fingerprint density at radius 3 is 2.62 bits per heavy atom. The second kappa shape index (κ2) is 9.58. The number of carbonyl (C=O) groups excluding carboxylic acids is 1. The van der Waals surface area contributed by atoms with E-state index < -0.39 is 16.0 Å². The molecule has 4 aromatic rings. The van der Waals surface area contributed by atoms with Crippen LogP contribution >= 0.6 is 0 Å². The number of fused-ring (bicyclic) bond motifs is 1. The molecule has 2 aromatic heterocycles. The van der Waals surface area contributed by atoms with Crippen molar-refractivity contribution in [1.82, 2.24) is 14.3 Å². The van der Waals surface area contributed by atoms with Crippen LogP contribution in [0.5, 0.6) is 0 Å². The molecule has 0 saturated carbocycles. The summed E-state index contributed by atoms with van der Waals surface area (Å²) in [6.45, 7) is 1.75. The Hall–Kier alpha value is -3.82. The highest BCUT2D eigenvalue weighted by Crippen LogP contribution is 2.23. The number of ether oxygens (including phenoxy) is 1. The van der Waals surface area contributed by atoms with Crippen LogP contribution in [0.3, 0.4) is 0 Å². The number of H-pyrrole nitrogens is 1. The monoisotopic (exact) mass is 477 g/mol. The summed E-state index contributed by atoms with van der Waals surface area (Å²) in [5, 5.41) is 0.798. The zero-order chi connectivity index (χ0) is 24.3. The van der Waals surface area contributed by atoms with Crippen molar-refractivity contribution in [2.75, 3.05) is 7.11 Å². The molecule has 0 radical (unpaired) electrons. The van der Waals surface area contributed by atoms with Crippen molar-refractivity contribution in [2.24, 2.45) is 0 Å². The molecule has 2 heterocycles. The summed E-state index contributed by atoms with van der Waals surface area (Å²) in [5.41, 5.74) is 2.39. The fraction of sp³-hybridized carbons (Fsp3) is 0.160. The molecule has 0 saturated heterocycles. The van der Waals surface area contributed by atoms with Crippen molar-refractivity contribution >= 4 is 26.9 Å². The van der Waals surface area contributed by atoms with Gasteiger partial charge in [-0.15, -0.1) is 0 Å². The van der Waals surface area contributed by atoms with E-state index in [1.54, 1.807) is 30.6 Å². The minimum absolute atomic E-state index is 0.00992. The molecular weight excluding hydrogens is 454 g/mol. The molecule has 8 nitrogen and oxygen atoms in total. The van der Waals surface area contributed by atoms with E-state index in [4.69, 9.17) is 4.74 Å². The van der Waals surface area contributed by atoms with Gasteiger partial charge in [-0.1, -0.05) is 24.3 Å². The van der Waals surface area contributed by atoms with Crippen LogP contribution in [0.25, 0.3) is 10.9 Å². The van der Waals surface area contributed by atoms with Gasteiger partial charge in [0.1, 0.15) is 0 Å². The number of esters is 1. The van der Waals surface area contributed by atoms with E-state index in [9.17, 15) is 18.0 Å². The number of carbonyl (C=O) groups is 1. The van der Waals surface area contributed by atoms with Gasteiger partial charge in [-0.2, -0.15) is 4.31 Å². The van der Waals surface area contributed by atoms with Gasteiger partial charge in [0.2, 0.25) is 10.0 Å². The Morgan fingerprint density at radius 2 is 1.88 bits per heavy atom. The van der Waals surface area contributed by atoms with Gasteiger partial charge in [-0.3, -0.25) is 9.78 Å². The molecule has 1 N–H and O–H groups in total. The molecule has 4 rings (SSSR count). The second-order valence-electron chi connectivity index (χ2n) is 7.87. The number of hydrogen-bond donors (Lipinski definition) is 1. The summed E-state index contributed by atoms with van der Waals surface area (Å²) >= 11 is 0. The highest BCUT2D eigenvalue weighted by molar-refractivity contribution is 7.89. The number of methoxy groups -OCH3 is 1. The van der Waals surface area contributed by atoms with Crippen molar-refractivity contribution in [3.63, 3.8) is 0 Å². The van der Waals surface area contributed by atoms with Crippen molar-refractivity contribution in [1.29, 1.82) is 0 Å². The van der Waals surface area contributed by atoms with Gasteiger partial charge in [0.05, 0.1) is 17.6 Å². The van der Waals surface area contributed by atoms with E-state index >= 15 is 0 Å². The third-order valence-electron chi connectivity index (χ3n) is 5.40. The van der Waals surface area contributed by atoms with Gasteiger partial charge in [-0.05, 0) is 59.8 Å². The SMILES string of the molecule is COC(=O)c1cccc(S(=O)(=O)N(Cc2cccnc2)Cc2cc3ccc(C)cc3[nH]c2=O)c1. The molecule has 2 aromatic carbocycles. The van der Waals surface area contributed by atoms with Crippen LogP contribution in [0.1, 0.15) is 27.0 Å². The van der Waals surface area contributed by atoms with Crippen molar-refractivity contribution in [2.45, 2.75) is 24.9 Å². The lowest BCUT2D eigenvalue weighted by Crippen LogP contribution is -2.32. The number of aryl methyl sites for hydroxylation is 1. The number of hydrogen-bond acceptors (Lipinski definition) is 6. The lowest BCUT2D eigenvalue weighted by Gasteiger charge is -2.22. The first kappa shape index (κ1) is 23.3. The average Bonchev–Trinajstić information content (AvgIpc) is 2.84. The zero-order valence-electron chi connectivity index (χ0n) is 18.7. The smallest absolute Gasteiger partial charge is 0.337 e. The second-order valence-corrected chi connectivity index (χ2v) is 9.81. The average molecular weight is 478 g/mol. The number of nitrogens with zero attached hydrogens (tertiary/aromatic N) is 2. The lowest BCUT2D eigenvalue weighted by molar-refractivity contribution is 0.0600. The zero-order valence-corrected chi connectivity index (χ0v) is 19.5. The van der Waals surface area contributed by atoms with Crippen LogP contribution in [0.15, 0.2) is 82.7 Å². The van der Waals surface area contributed by atoms with E-state index in [1.807, 2.05) is 25.1 Å². The Balaban J connectivity index is 1.78. The Morgan fingerprint density at radius 1 is 1.06 bits per heavy atom. The Bertz CT molecular complexity index is 1510. The predicted octanol–water partition coefficient (Wildman–Crippen LogP) is 3.41. The normalized spacial score (nSPS) is 11.6. The summed E-state index contributed by atoms with van der Waals surface area (Å²) in [6, 6.07) is 16.5. The van der Waals surface area contributed by atoms with Crippen LogP contribution in [0, 0.1) is 6.92 Å². The Kier molecular flexibility index (Phi) is 6.58. The number of rotatable bonds is 7. The quantitative estimate of drug-likeness (QED) is 0.409. The molecule has 0 bridgehead atoms. The van der Waals surface area contributed by atoms with Gasteiger partial charge < -0.3 is 9.72 Å². The maximum atomic E-state index is 13.7. The van der Waals surface area contributed by atoms with E-state index in [2.05, 4.69) is 9.97 Å². The molecule has 34 heavy (non-hydrogen) atoms. The molecule has 0 spiro atoms. The molecule has 0 aliphatic heterocycles. The number of aromatic amines is 1. The fourth-order valence-corrected chi connectivity index (χ4v) is 5.09. The van der Waals surface area contributed by atoms with Gasteiger partial charge in [0.15, 0.2) is 0 Å². The molecule has 174 valence electrons. The summed E-state index contributed by atoms with van der Waals surface area (Å²) in [7, 11) is -2.87. The van der Waals surface area contributed by atoms with E-state index in [-0.39, 0.29) is 29.1 Å². The van der Waals surface area contributed by atoms with Gasteiger partial charge >= 0.3 is 5.97 Å². The first-order chi connectivity index (χ1) is 16.3. The standard InChI is InChI=1S/C25H23N3O5S/c1-17-8-9-19-12-21(24(29)27-23(19)11-17)16-28(15-18-5-4-10-26-14-18)34(31,32)22-7-3-6-20(13-22)25(30)33-2/h3-14H,15-16H2,1-2H3,(H,27,29). The van der Waals surface area contributed by atoms with E-state index in [1.165, 1.54) is 35.7 Å². The van der Waals surface area contributed by atoms with Crippen LogP contribution in [0.4, 0.5) is 0 Å². The number of benzene rings is 2. The molecule has 0 fully saturated rings. The fourth-order valence-electron chi connectivity index (χ4n) is 3.64. The predicted molar refractivity (Wildman–Crippen MR) is 128 cm³/mol. The minimum Gasteiger partial charge on any atom is -0.465 e. The van der Waals surface area contributed by atoms with Crippen LogP contribution in [-0.2, 0) is 27.8 Å². The lowest BCUT2D eigenvalue weighted by atomic mass is 10.1. The summed E-state index contributed by atoms with van der Waals surface area (Å²) < 4.78 is 33.2. The van der Waals surface area contributed by atoms with Gasteiger partial charge in [0, 0.05) is 36.6 Å². The largest absolute Gasteiger partial charge is 0.465 e. The number of sulfonamides is 1. The molecule has 0 amide bonds. The van der Waals surface area contributed by atoms with E-state index in [0.29, 0.717) is 16.6 Å². The number of pyridine rings is 2. The van der Waals surface area contributed by atoms with E-state index in [0.717, 1.165) is 10.9 Å². The van der Waals surface area contributed by atoms with Crippen LogP contribution in [-0.4, -0.2) is 35.8 Å². The third-order valence-corrected chi connectivity index (χ3v) is 7.19. The number of nitrogens with one attached hydrogen (secondary N) is 1. The Labute approximate surface area is 196 Å². The minimum atomic E-state index is -4.09. The van der Waals surface area contributed by atoms with Crippen molar-refractivity contribution in [3.8, 4) is 0 Å². The molecule has 0 unspecified atom stereocenters. The first-order valence-electron chi connectivity index (χ1n) is 10.5. The maximum Gasteiger partial charge on any atom is 0.337 e. The highest BCUT2D eigenvalue weighted by atomic mass is 32.2. The van der Waals surface area contributed by atoms with Gasteiger partial charge in [-0.25, -0.2) is 13.2 Å². The molecule has 0 atom stereocenters. The summed E-state index contributed by atoms with van der Waals surface area (Å²) in [6.07, 6.45) is 3.17. The highest BCUT2D eigenvalue weighted by Gasteiger charge is 2.27. The van der Waals surface area contributed by atoms with Crippen molar-refractivity contribution in [3.05, 3.63) is 106 Å². The van der Waals surface area contributed by atoms with Crippen LogP contribution < -0.4 is 5.56 Å². The summed E-state index contributed by atoms with van der Waals surface area (Å²) in [5.74, 6) is -0.642. The topological polar surface area (TPSA) is 109 Å². The third kappa shape index (κ3) is 4.90. The number of aromatic nitrogens is 2. The molecule has 9 heteroatoms. The van der Waals surface area contributed by atoms with Gasteiger partial charge in [0.25, 0.3) is 5.56 Å². The molecular formula is C25H23N3O5S. The first-order valence-corrected chi connectivity index (χ1v) is 11.9. The van der Waals surface area contributed by atoms with Crippen molar-refractivity contribution < 1.29 is 17.9 Å². The van der Waals surface area contributed by atoms with Crippen LogP contribution in [0.2, 0.25) is 0 Å². The molecule has 0 aliphatic carbocycles. The maximum absolute atomic E-state index is 13.7. The summed E-state index contributed by atoms with van der Waals surface area (Å²) in [4.78, 5) is 31.6.